The molecule has 1 aliphatic rings. The van der Waals surface area contributed by atoms with E-state index in [4.69, 9.17) is 0 Å². The Labute approximate surface area is 195 Å². The van der Waals surface area contributed by atoms with Crippen LogP contribution in [0.25, 0.3) is 0 Å². The van der Waals surface area contributed by atoms with Gasteiger partial charge in [-0.2, -0.15) is 0 Å². The molecule has 0 spiro atoms. The van der Waals surface area contributed by atoms with Gasteiger partial charge in [-0.05, 0) is 30.9 Å². The van der Waals surface area contributed by atoms with Gasteiger partial charge in [0, 0.05) is 39.0 Å². The van der Waals surface area contributed by atoms with E-state index in [2.05, 4.69) is 20.9 Å². The van der Waals surface area contributed by atoms with Crippen molar-refractivity contribution in [2.75, 3.05) is 38.3 Å². The zero-order valence-electron chi connectivity index (χ0n) is 17.5. The number of sulfone groups is 1. The number of halogens is 1. The van der Waals surface area contributed by atoms with Crippen LogP contribution in [-0.2, 0) is 9.84 Å². The summed E-state index contributed by atoms with van der Waals surface area (Å²) >= 11 is 0. The van der Waals surface area contributed by atoms with Crippen molar-refractivity contribution in [3.05, 3.63) is 28.3 Å². The summed E-state index contributed by atoms with van der Waals surface area (Å²) in [5.41, 5.74) is 0.0195. The molecule has 0 aliphatic heterocycles. The number of nitro benzene ring substituents is 1. The highest BCUT2D eigenvalue weighted by Crippen LogP contribution is 2.28. The topological polar surface area (TPSA) is 126 Å². The molecule has 1 fully saturated rings. The van der Waals surface area contributed by atoms with Gasteiger partial charge in [-0.3, -0.25) is 15.1 Å². The summed E-state index contributed by atoms with van der Waals surface area (Å²) in [5, 5.41) is 20.7. The Hall–Kier alpha value is -1.63. The number of hydrogen-bond donors (Lipinski definition) is 3. The van der Waals surface area contributed by atoms with Crippen molar-refractivity contribution >= 4 is 51.1 Å². The fourth-order valence-corrected chi connectivity index (χ4v) is 4.18. The van der Waals surface area contributed by atoms with Crippen LogP contribution in [0, 0.1) is 16.0 Å². The van der Waals surface area contributed by atoms with E-state index in [0.29, 0.717) is 19.0 Å². The van der Waals surface area contributed by atoms with Gasteiger partial charge in [0.2, 0.25) is 0 Å². The molecular weight excluding hydrogens is 521 g/mol. The number of nitrogens with one attached hydrogen (secondary N) is 3. The fraction of sp³-hybridized carbons (Fsp3) is 0.632. The van der Waals surface area contributed by atoms with Crippen LogP contribution in [0.3, 0.4) is 0 Å². The zero-order valence-corrected chi connectivity index (χ0v) is 20.7. The number of anilines is 1. The van der Waals surface area contributed by atoms with Crippen LogP contribution >= 0.6 is 24.0 Å². The molecule has 1 aliphatic carbocycles. The van der Waals surface area contributed by atoms with Gasteiger partial charge < -0.3 is 16.0 Å². The number of hydrogen-bond acceptors (Lipinski definition) is 6. The van der Waals surface area contributed by atoms with Crippen molar-refractivity contribution in [3.8, 4) is 0 Å². The van der Waals surface area contributed by atoms with E-state index in [0.717, 1.165) is 31.2 Å². The first-order valence-corrected chi connectivity index (χ1v) is 11.9. The summed E-state index contributed by atoms with van der Waals surface area (Å²) in [6.45, 7) is 1.79. The average Bonchev–Trinajstić information content (AvgIpc) is 3.19. The van der Waals surface area contributed by atoms with Crippen LogP contribution in [0.4, 0.5) is 11.4 Å². The molecule has 0 unspecified atom stereocenters. The minimum absolute atomic E-state index is 0. The van der Waals surface area contributed by atoms with Gasteiger partial charge in [-0.1, -0.05) is 25.7 Å². The highest BCUT2D eigenvalue weighted by molar-refractivity contribution is 14.0. The Balaban J connectivity index is 0.00000450. The van der Waals surface area contributed by atoms with E-state index in [-0.39, 0.29) is 40.2 Å². The summed E-state index contributed by atoms with van der Waals surface area (Å²) in [5.74, 6) is 1.57. The van der Waals surface area contributed by atoms with Crippen LogP contribution in [0.1, 0.15) is 38.5 Å². The lowest BCUT2D eigenvalue weighted by Gasteiger charge is -2.14. The number of aliphatic imine (C=N–C) groups is 1. The van der Waals surface area contributed by atoms with Gasteiger partial charge in [0.15, 0.2) is 15.8 Å². The summed E-state index contributed by atoms with van der Waals surface area (Å²) in [4.78, 5) is 14.8. The Bertz CT molecular complexity index is 826. The molecule has 1 aromatic rings. The van der Waals surface area contributed by atoms with Crippen LogP contribution in [0.15, 0.2) is 28.1 Å². The number of nitro groups is 1. The first-order valence-electron chi connectivity index (χ1n) is 9.98. The van der Waals surface area contributed by atoms with Crippen LogP contribution in [-0.4, -0.2) is 52.2 Å². The molecule has 30 heavy (non-hydrogen) atoms. The molecule has 11 heteroatoms. The predicted octanol–water partition coefficient (Wildman–Crippen LogP) is 3.16. The molecule has 0 bridgehead atoms. The molecular formula is C19H32IN5O4S. The summed E-state index contributed by atoms with van der Waals surface area (Å²) in [7, 11) is -1.80. The number of guanidine groups is 1. The molecule has 0 amide bonds. The van der Waals surface area contributed by atoms with E-state index in [1.165, 1.54) is 44.2 Å². The minimum atomic E-state index is -3.50. The van der Waals surface area contributed by atoms with E-state index in [1.807, 2.05) is 0 Å². The SMILES string of the molecule is CN=C(NCCCC1CCCC1)NCCNc1ccc(S(C)(=O)=O)cc1[N+](=O)[O-].I. The highest BCUT2D eigenvalue weighted by atomic mass is 127. The predicted molar refractivity (Wildman–Crippen MR) is 131 cm³/mol. The normalized spacial score (nSPS) is 14.8. The lowest BCUT2D eigenvalue weighted by Crippen LogP contribution is -2.40. The lowest BCUT2D eigenvalue weighted by molar-refractivity contribution is -0.384. The van der Waals surface area contributed by atoms with Crippen molar-refractivity contribution in [3.63, 3.8) is 0 Å². The highest BCUT2D eigenvalue weighted by Gasteiger charge is 2.18. The molecule has 0 atom stereocenters. The molecule has 0 saturated heterocycles. The van der Waals surface area contributed by atoms with Crippen molar-refractivity contribution in [1.82, 2.24) is 10.6 Å². The van der Waals surface area contributed by atoms with Gasteiger partial charge in [0.25, 0.3) is 5.69 Å². The Morgan fingerprint density at radius 3 is 2.47 bits per heavy atom. The molecule has 2 rings (SSSR count). The third kappa shape index (κ3) is 8.62. The molecule has 0 aromatic heterocycles. The Morgan fingerprint density at radius 1 is 1.20 bits per heavy atom. The lowest BCUT2D eigenvalue weighted by atomic mass is 10.0. The largest absolute Gasteiger partial charge is 0.378 e. The Morgan fingerprint density at radius 2 is 1.87 bits per heavy atom. The molecule has 9 nitrogen and oxygen atoms in total. The van der Waals surface area contributed by atoms with Crippen LogP contribution in [0.5, 0.6) is 0 Å². The maximum atomic E-state index is 11.6. The van der Waals surface area contributed by atoms with E-state index in [1.54, 1.807) is 7.05 Å². The molecule has 3 N–H and O–H groups in total. The molecule has 0 heterocycles. The van der Waals surface area contributed by atoms with Gasteiger partial charge >= 0.3 is 0 Å². The maximum Gasteiger partial charge on any atom is 0.293 e. The van der Waals surface area contributed by atoms with Crippen molar-refractivity contribution in [2.45, 2.75) is 43.4 Å². The third-order valence-corrected chi connectivity index (χ3v) is 6.22. The second kappa shape index (κ2) is 12.9. The van der Waals surface area contributed by atoms with Crippen molar-refractivity contribution in [2.24, 2.45) is 10.9 Å². The van der Waals surface area contributed by atoms with Crippen molar-refractivity contribution < 1.29 is 13.3 Å². The monoisotopic (exact) mass is 553 g/mol. The maximum absolute atomic E-state index is 11.6. The number of nitrogens with zero attached hydrogens (tertiary/aromatic N) is 2. The number of rotatable bonds is 10. The standard InChI is InChI=1S/C19H31N5O4S.HI/c1-20-19(22-11-5-8-15-6-3-4-7-15)23-13-12-21-17-10-9-16(29(2,27)28)14-18(17)24(25)26;/h9-10,14-15,21H,3-8,11-13H2,1-2H3,(H2,20,22,23);1H. The second-order valence-electron chi connectivity index (χ2n) is 7.35. The smallest absolute Gasteiger partial charge is 0.293 e. The molecule has 1 saturated carbocycles. The quantitative estimate of drug-likeness (QED) is 0.102. The third-order valence-electron chi connectivity index (χ3n) is 5.11. The summed E-state index contributed by atoms with van der Waals surface area (Å²) in [6.07, 6.45) is 8.83. The first kappa shape index (κ1) is 26.4. The fourth-order valence-electron chi connectivity index (χ4n) is 3.54. The number of benzene rings is 1. The van der Waals surface area contributed by atoms with Gasteiger partial charge in [0.1, 0.15) is 5.69 Å². The first-order chi connectivity index (χ1) is 13.8. The molecule has 170 valence electrons. The zero-order chi connectivity index (χ0) is 21.3. The van der Waals surface area contributed by atoms with E-state index in [9.17, 15) is 18.5 Å². The molecule has 0 radical (unpaired) electrons. The summed E-state index contributed by atoms with van der Waals surface area (Å²) in [6, 6.07) is 3.86. The Kier molecular flexibility index (Phi) is 11.4. The van der Waals surface area contributed by atoms with Crippen LogP contribution in [0.2, 0.25) is 0 Å². The van der Waals surface area contributed by atoms with Gasteiger partial charge in [-0.25, -0.2) is 8.42 Å². The summed E-state index contributed by atoms with van der Waals surface area (Å²) < 4.78 is 23.2. The van der Waals surface area contributed by atoms with Gasteiger partial charge in [0.05, 0.1) is 9.82 Å². The van der Waals surface area contributed by atoms with E-state index >= 15 is 0 Å². The second-order valence-corrected chi connectivity index (χ2v) is 9.37. The van der Waals surface area contributed by atoms with Gasteiger partial charge in [-0.15, -0.1) is 24.0 Å². The minimum Gasteiger partial charge on any atom is -0.378 e. The molecule has 1 aromatic carbocycles. The average molecular weight is 553 g/mol. The van der Waals surface area contributed by atoms with Crippen LogP contribution < -0.4 is 16.0 Å². The van der Waals surface area contributed by atoms with E-state index < -0.39 is 14.8 Å². The van der Waals surface area contributed by atoms with Crippen molar-refractivity contribution in [1.29, 1.82) is 0 Å².